The van der Waals surface area contributed by atoms with Crippen molar-refractivity contribution < 1.29 is 4.74 Å². The lowest BCUT2D eigenvalue weighted by atomic mass is 10.1. The van der Waals surface area contributed by atoms with Crippen LogP contribution in [0.15, 0.2) is 39.6 Å². The molecule has 0 unspecified atom stereocenters. The van der Waals surface area contributed by atoms with Crippen LogP contribution >= 0.6 is 15.9 Å². The van der Waals surface area contributed by atoms with Gasteiger partial charge >= 0.3 is 0 Å². The van der Waals surface area contributed by atoms with E-state index in [-0.39, 0.29) is 5.56 Å². The van der Waals surface area contributed by atoms with Crippen LogP contribution < -0.4 is 10.3 Å². The fourth-order valence-corrected chi connectivity index (χ4v) is 2.61. The summed E-state index contributed by atoms with van der Waals surface area (Å²) in [6.45, 7) is 5.49. The quantitative estimate of drug-likeness (QED) is 0.773. The number of benzene rings is 1. The monoisotopic (exact) mass is 352 g/mol. The van der Waals surface area contributed by atoms with Crippen LogP contribution in [0.2, 0.25) is 0 Å². The van der Waals surface area contributed by atoms with Crippen molar-refractivity contribution >= 4 is 15.9 Å². The summed E-state index contributed by atoms with van der Waals surface area (Å²) in [4.78, 5) is 12.1. The maximum atomic E-state index is 12.1. The number of nitrogens with zero attached hydrogens (tertiary/aromatic N) is 1. The van der Waals surface area contributed by atoms with Gasteiger partial charge in [0.15, 0.2) is 0 Å². The molecule has 2 rings (SSSR count). The summed E-state index contributed by atoms with van der Waals surface area (Å²) in [7, 11) is 0. The molecular weight excluding hydrogens is 332 g/mol. The van der Waals surface area contributed by atoms with Gasteiger partial charge in [0.1, 0.15) is 10.2 Å². The Kier molecular flexibility index (Phi) is 5.67. The molecule has 4 nitrogen and oxygen atoms in total. The Morgan fingerprint density at radius 1 is 1.29 bits per heavy atom. The van der Waals surface area contributed by atoms with Gasteiger partial charge in [-0.15, -0.1) is 0 Å². The molecule has 0 atom stereocenters. The van der Waals surface area contributed by atoms with Crippen molar-refractivity contribution in [2.24, 2.45) is 5.92 Å². The van der Waals surface area contributed by atoms with Crippen LogP contribution in [0.25, 0.3) is 0 Å². The van der Waals surface area contributed by atoms with Gasteiger partial charge < -0.3 is 4.74 Å². The molecule has 1 N–H and O–H groups in total. The molecule has 0 amide bonds. The second-order valence-corrected chi connectivity index (χ2v) is 6.27. The number of para-hydroxylation sites is 1. The number of halogens is 1. The van der Waals surface area contributed by atoms with Gasteiger partial charge in [0.05, 0.1) is 12.3 Å². The number of nitrogens with one attached hydrogen (secondary N) is 1. The van der Waals surface area contributed by atoms with Crippen molar-refractivity contribution in [3.63, 3.8) is 0 Å². The van der Waals surface area contributed by atoms with Crippen LogP contribution in [0.5, 0.6) is 5.75 Å². The topological polar surface area (TPSA) is 47.0 Å². The third-order valence-electron chi connectivity index (χ3n) is 3.12. The zero-order chi connectivity index (χ0) is 15.2. The summed E-state index contributed by atoms with van der Waals surface area (Å²) in [6.07, 6.45) is 1.65. The number of rotatable bonds is 7. The third-order valence-corrected chi connectivity index (χ3v) is 3.94. The molecule has 1 aromatic carbocycles. The zero-order valence-corrected chi connectivity index (χ0v) is 14.0. The summed E-state index contributed by atoms with van der Waals surface area (Å²) >= 11 is 3.38. The fraction of sp³-hybridized carbons (Fsp3) is 0.438. The van der Waals surface area contributed by atoms with Crippen molar-refractivity contribution in [3.8, 4) is 5.75 Å². The van der Waals surface area contributed by atoms with E-state index in [0.717, 1.165) is 24.3 Å². The van der Waals surface area contributed by atoms with Gasteiger partial charge in [-0.2, -0.15) is 0 Å². The first-order valence-corrected chi connectivity index (χ1v) is 8.02. The lowest BCUT2D eigenvalue weighted by molar-refractivity contribution is 0.297. The van der Waals surface area contributed by atoms with Gasteiger partial charge in [-0.1, -0.05) is 32.0 Å². The minimum absolute atomic E-state index is 0.00496. The maximum Gasteiger partial charge on any atom is 0.281 e. The van der Waals surface area contributed by atoms with E-state index in [4.69, 9.17) is 4.74 Å². The molecule has 0 aliphatic rings. The molecule has 2 aromatic rings. The molecule has 0 radical (unpaired) electrons. The summed E-state index contributed by atoms with van der Waals surface area (Å²) in [5.41, 5.74) is 0.976. The number of hydrogen-bond donors (Lipinski definition) is 1. The highest BCUT2D eigenvalue weighted by molar-refractivity contribution is 9.10. The molecular formula is C16H21BrN2O2. The van der Waals surface area contributed by atoms with Crippen LogP contribution in [0.4, 0.5) is 0 Å². The Hall–Kier alpha value is -1.49. The van der Waals surface area contributed by atoms with Crippen molar-refractivity contribution in [3.05, 3.63) is 50.9 Å². The lowest BCUT2D eigenvalue weighted by Crippen LogP contribution is -2.18. The first-order chi connectivity index (χ1) is 10.1. The van der Waals surface area contributed by atoms with Crippen LogP contribution in [0, 0.1) is 5.92 Å². The van der Waals surface area contributed by atoms with Gasteiger partial charge in [-0.25, -0.2) is 0 Å². The molecule has 0 spiro atoms. The van der Waals surface area contributed by atoms with Gasteiger partial charge in [0.25, 0.3) is 5.56 Å². The second kappa shape index (κ2) is 7.50. The number of aromatic amines is 1. The van der Waals surface area contributed by atoms with E-state index in [9.17, 15) is 4.79 Å². The summed E-state index contributed by atoms with van der Waals surface area (Å²) in [5, 5.41) is 3.18. The normalized spacial score (nSPS) is 11.0. The molecule has 0 bridgehead atoms. The van der Waals surface area contributed by atoms with Crippen molar-refractivity contribution in [2.45, 2.75) is 33.2 Å². The molecule has 0 aliphatic carbocycles. The Bertz CT molecular complexity index is 617. The predicted molar refractivity (Wildman–Crippen MR) is 87.8 cm³/mol. The maximum absolute atomic E-state index is 12.1. The molecule has 0 fully saturated rings. The summed E-state index contributed by atoms with van der Waals surface area (Å²) in [5.74, 6) is 1.37. The molecule has 1 aromatic heterocycles. The Morgan fingerprint density at radius 3 is 2.67 bits per heavy atom. The van der Waals surface area contributed by atoms with E-state index < -0.39 is 0 Å². The molecule has 0 saturated heterocycles. The highest BCUT2D eigenvalue weighted by Crippen LogP contribution is 2.14. The highest BCUT2D eigenvalue weighted by atomic mass is 79.9. The van der Waals surface area contributed by atoms with E-state index in [1.165, 1.54) is 0 Å². The van der Waals surface area contributed by atoms with Gasteiger partial charge in [-0.05, 0) is 40.4 Å². The van der Waals surface area contributed by atoms with Gasteiger partial charge in [-0.3, -0.25) is 14.6 Å². The number of aromatic nitrogens is 2. The van der Waals surface area contributed by atoms with E-state index in [1.54, 1.807) is 4.68 Å². The van der Waals surface area contributed by atoms with Crippen LogP contribution in [0.3, 0.4) is 0 Å². The van der Waals surface area contributed by atoms with E-state index in [0.29, 0.717) is 23.5 Å². The lowest BCUT2D eigenvalue weighted by Gasteiger charge is -2.06. The summed E-state index contributed by atoms with van der Waals surface area (Å²) < 4.78 is 7.93. The third kappa shape index (κ3) is 4.49. The molecule has 0 aliphatic heterocycles. The van der Waals surface area contributed by atoms with Crippen LogP contribution in [-0.2, 0) is 13.0 Å². The van der Waals surface area contributed by atoms with Crippen molar-refractivity contribution in [2.75, 3.05) is 6.61 Å². The number of hydrogen-bond acceptors (Lipinski definition) is 2. The number of ether oxygens (including phenoxy) is 1. The average molecular weight is 353 g/mol. The smallest absolute Gasteiger partial charge is 0.281 e. The minimum Gasteiger partial charge on any atom is -0.494 e. The highest BCUT2D eigenvalue weighted by Gasteiger charge is 2.12. The number of H-pyrrole nitrogens is 1. The first kappa shape index (κ1) is 15.9. The summed E-state index contributed by atoms with van der Waals surface area (Å²) in [6, 6.07) is 9.70. The molecule has 21 heavy (non-hydrogen) atoms. The Morgan fingerprint density at radius 2 is 2.00 bits per heavy atom. The zero-order valence-electron chi connectivity index (χ0n) is 12.4. The largest absolute Gasteiger partial charge is 0.494 e. The van der Waals surface area contributed by atoms with Crippen molar-refractivity contribution in [1.82, 2.24) is 9.78 Å². The second-order valence-electron chi connectivity index (χ2n) is 5.47. The molecule has 114 valence electrons. The predicted octanol–water partition coefficient (Wildman–Crippen LogP) is 3.61. The Balaban J connectivity index is 1.87. The fourth-order valence-electron chi connectivity index (χ4n) is 2.14. The van der Waals surface area contributed by atoms with E-state index in [1.807, 2.05) is 30.3 Å². The van der Waals surface area contributed by atoms with Crippen LogP contribution in [-0.4, -0.2) is 16.4 Å². The standard InChI is InChI=1S/C16H21BrN2O2/c1-12(2)11-14-15(17)16(20)19(18-14)9-6-10-21-13-7-4-3-5-8-13/h3-5,7-8,12,18H,6,9-11H2,1-2H3. The molecule has 5 heteroatoms. The SMILES string of the molecule is CC(C)Cc1[nH]n(CCCOc2ccccc2)c(=O)c1Br. The first-order valence-electron chi connectivity index (χ1n) is 7.23. The van der Waals surface area contributed by atoms with E-state index >= 15 is 0 Å². The number of aryl methyl sites for hydroxylation is 1. The van der Waals surface area contributed by atoms with Crippen molar-refractivity contribution in [1.29, 1.82) is 0 Å². The molecule has 0 saturated carbocycles. The molecule has 1 heterocycles. The van der Waals surface area contributed by atoms with Crippen LogP contribution in [0.1, 0.15) is 26.0 Å². The average Bonchev–Trinajstić information content (AvgIpc) is 2.72. The van der Waals surface area contributed by atoms with E-state index in [2.05, 4.69) is 34.9 Å². The van der Waals surface area contributed by atoms with Gasteiger partial charge in [0.2, 0.25) is 0 Å². The minimum atomic E-state index is 0.00496. The Labute approximate surface area is 133 Å². The van der Waals surface area contributed by atoms with Gasteiger partial charge in [0, 0.05) is 13.0 Å².